The highest BCUT2D eigenvalue weighted by Crippen LogP contribution is 2.15. The molecule has 7 nitrogen and oxygen atoms in total. The van der Waals surface area contributed by atoms with Gasteiger partial charge in [-0.1, -0.05) is 0 Å². The Morgan fingerprint density at radius 2 is 1.91 bits per heavy atom. The zero-order valence-corrected chi connectivity index (χ0v) is 13.9. The number of sulfonamides is 1. The summed E-state index contributed by atoms with van der Waals surface area (Å²) < 4.78 is 54.2. The lowest BCUT2D eigenvalue weighted by Gasteiger charge is -2.11. The predicted octanol–water partition coefficient (Wildman–Crippen LogP) is -0.250. The van der Waals surface area contributed by atoms with Crippen molar-refractivity contribution in [2.24, 2.45) is 0 Å². The summed E-state index contributed by atoms with van der Waals surface area (Å²) in [5.41, 5.74) is 0. The van der Waals surface area contributed by atoms with Crippen molar-refractivity contribution in [1.29, 1.82) is 0 Å². The first kappa shape index (κ1) is 17.2. The molecule has 0 bridgehead atoms. The maximum Gasteiger partial charge on any atom is 0.240 e. The lowest BCUT2D eigenvalue weighted by Crippen LogP contribution is -2.37. The lowest BCUT2D eigenvalue weighted by molar-refractivity contribution is 0.414. The molecular weight excluding hydrogens is 328 g/mol. The fourth-order valence-electron chi connectivity index (χ4n) is 2.26. The van der Waals surface area contributed by atoms with Crippen LogP contribution < -0.4 is 14.8 Å². The van der Waals surface area contributed by atoms with Crippen molar-refractivity contribution in [2.75, 3.05) is 31.7 Å². The molecule has 124 valence electrons. The van der Waals surface area contributed by atoms with Gasteiger partial charge in [0.05, 0.1) is 23.5 Å². The van der Waals surface area contributed by atoms with Gasteiger partial charge >= 0.3 is 0 Å². The van der Waals surface area contributed by atoms with Gasteiger partial charge in [0, 0.05) is 19.1 Å². The monoisotopic (exact) mass is 348 g/mol. The molecule has 0 spiro atoms. The summed E-state index contributed by atoms with van der Waals surface area (Å²) in [5.74, 6) is 0.906. The van der Waals surface area contributed by atoms with Crippen LogP contribution in [0.5, 0.6) is 5.75 Å². The molecule has 1 fully saturated rings. The second kappa shape index (κ2) is 6.95. The van der Waals surface area contributed by atoms with E-state index in [2.05, 4.69) is 10.0 Å². The Labute approximate surface area is 131 Å². The molecule has 1 aliphatic rings. The van der Waals surface area contributed by atoms with Gasteiger partial charge in [0.2, 0.25) is 10.0 Å². The Bertz CT molecular complexity index is 698. The largest absolute Gasteiger partial charge is 0.497 e. The number of ether oxygens (including phenoxy) is 1. The van der Waals surface area contributed by atoms with Crippen LogP contribution in [0.1, 0.15) is 6.42 Å². The van der Waals surface area contributed by atoms with Crippen LogP contribution in [0.3, 0.4) is 0 Å². The first-order valence-electron chi connectivity index (χ1n) is 6.90. The Balaban J connectivity index is 1.80. The Morgan fingerprint density at radius 1 is 1.23 bits per heavy atom. The summed E-state index contributed by atoms with van der Waals surface area (Å²) in [7, 11) is -4.98. The summed E-state index contributed by atoms with van der Waals surface area (Å²) in [4.78, 5) is 0.164. The Morgan fingerprint density at radius 3 is 2.45 bits per heavy atom. The van der Waals surface area contributed by atoms with E-state index in [1.54, 1.807) is 12.1 Å². The van der Waals surface area contributed by atoms with Gasteiger partial charge in [-0.25, -0.2) is 21.6 Å². The molecule has 1 aromatic carbocycles. The molecule has 1 aliphatic heterocycles. The first-order chi connectivity index (χ1) is 10.3. The van der Waals surface area contributed by atoms with E-state index < -0.39 is 19.9 Å². The second-order valence-electron chi connectivity index (χ2n) is 5.13. The summed E-state index contributed by atoms with van der Waals surface area (Å²) in [6, 6.07) is 6.01. The van der Waals surface area contributed by atoms with Crippen LogP contribution in [0.4, 0.5) is 0 Å². The van der Waals surface area contributed by atoms with Crippen molar-refractivity contribution in [3.05, 3.63) is 24.3 Å². The van der Waals surface area contributed by atoms with Crippen molar-refractivity contribution in [3.63, 3.8) is 0 Å². The van der Waals surface area contributed by atoms with Crippen molar-refractivity contribution >= 4 is 19.9 Å². The average molecular weight is 348 g/mol. The predicted molar refractivity (Wildman–Crippen MR) is 83.2 cm³/mol. The molecule has 1 atom stereocenters. The highest BCUT2D eigenvalue weighted by atomic mass is 32.2. The van der Waals surface area contributed by atoms with Crippen molar-refractivity contribution in [2.45, 2.75) is 17.4 Å². The number of methoxy groups -OCH3 is 1. The minimum absolute atomic E-state index is 0.0875. The molecule has 0 radical (unpaired) electrons. The SMILES string of the molecule is COc1ccc(S(=O)(=O)NCCN[C@@H]2CCS(=O)(=O)C2)cc1. The van der Waals surface area contributed by atoms with Crippen LogP contribution in [0, 0.1) is 0 Å². The number of benzene rings is 1. The number of rotatable bonds is 7. The molecule has 0 saturated carbocycles. The van der Waals surface area contributed by atoms with E-state index in [4.69, 9.17) is 4.74 Å². The summed E-state index contributed by atoms with van der Waals surface area (Å²) in [6.45, 7) is 0.584. The summed E-state index contributed by atoms with van der Waals surface area (Å²) in [5, 5.41) is 3.05. The van der Waals surface area contributed by atoms with Crippen molar-refractivity contribution in [1.82, 2.24) is 10.0 Å². The van der Waals surface area contributed by atoms with Crippen LogP contribution >= 0.6 is 0 Å². The molecule has 2 rings (SSSR count). The van der Waals surface area contributed by atoms with Crippen LogP contribution in [0.25, 0.3) is 0 Å². The van der Waals surface area contributed by atoms with E-state index in [-0.39, 0.29) is 29.0 Å². The molecule has 2 N–H and O–H groups in total. The third-order valence-electron chi connectivity index (χ3n) is 3.45. The van der Waals surface area contributed by atoms with Gasteiger partial charge in [0.15, 0.2) is 9.84 Å². The number of sulfone groups is 1. The summed E-state index contributed by atoms with van der Waals surface area (Å²) >= 11 is 0. The number of hydrogen-bond donors (Lipinski definition) is 2. The fraction of sp³-hybridized carbons (Fsp3) is 0.538. The summed E-state index contributed by atoms with van der Waals surface area (Å²) in [6.07, 6.45) is 0.577. The van der Waals surface area contributed by atoms with Gasteiger partial charge in [-0.2, -0.15) is 0 Å². The maximum absolute atomic E-state index is 12.1. The molecule has 0 aliphatic carbocycles. The van der Waals surface area contributed by atoms with Crippen LogP contribution in [-0.2, 0) is 19.9 Å². The quantitative estimate of drug-likeness (QED) is 0.659. The van der Waals surface area contributed by atoms with E-state index in [9.17, 15) is 16.8 Å². The zero-order chi connectivity index (χ0) is 16.2. The molecular formula is C13H20N2O5S2. The fourth-order valence-corrected chi connectivity index (χ4v) is 5.00. The Kier molecular flexibility index (Phi) is 5.43. The van der Waals surface area contributed by atoms with E-state index in [1.807, 2.05) is 0 Å². The molecule has 9 heteroatoms. The Hall–Kier alpha value is -1.16. The van der Waals surface area contributed by atoms with Crippen molar-refractivity contribution in [3.8, 4) is 5.75 Å². The minimum atomic E-state index is -3.57. The standard InChI is InChI=1S/C13H20N2O5S2/c1-20-12-2-4-13(5-3-12)22(18,19)15-8-7-14-11-6-9-21(16,17)10-11/h2-5,11,14-15H,6-10H2,1H3/t11-/m1/s1. The first-order valence-corrected chi connectivity index (χ1v) is 10.2. The number of hydrogen-bond acceptors (Lipinski definition) is 6. The van der Waals surface area contributed by atoms with Gasteiger partial charge in [-0.3, -0.25) is 0 Å². The smallest absolute Gasteiger partial charge is 0.240 e. The molecule has 1 saturated heterocycles. The van der Waals surface area contributed by atoms with Crippen molar-refractivity contribution < 1.29 is 21.6 Å². The molecule has 22 heavy (non-hydrogen) atoms. The van der Waals surface area contributed by atoms with Crippen LogP contribution in [-0.4, -0.2) is 54.6 Å². The topological polar surface area (TPSA) is 102 Å². The second-order valence-corrected chi connectivity index (χ2v) is 9.12. The van der Waals surface area contributed by atoms with Crippen LogP contribution in [0.15, 0.2) is 29.2 Å². The van der Waals surface area contributed by atoms with Gasteiger partial charge in [0.25, 0.3) is 0 Å². The molecule has 0 amide bonds. The molecule has 0 unspecified atom stereocenters. The average Bonchev–Trinajstić information content (AvgIpc) is 2.83. The molecule has 1 aromatic rings. The highest BCUT2D eigenvalue weighted by molar-refractivity contribution is 7.91. The third-order valence-corrected chi connectivity index (χ3v) is 6.70. The minimum Gasteiger partial charge on any atom is -0.497 e. The van der Waals surface area contributed by atoms with Crippen LogP contribution in [0.2, 0.25) is 0 Å². The van der Waals surface area contributed by atoms with Gasteiger partial charge < -0.3 is 10.1 Å². The number of nitrogens with one attached hydrogen (secondary N) is 2. The normalized spacial score (nSPS) is 20.9. The van der Waals surface area contributed by atoms with Gasteiger partial charge in [-0.15, -0.1) is 0 Å². The highest BCUT2D eigenvalue weighted by Gasteiger charge is 2.27. The van der Waals surface area contributed by atoms with E-state index in [1.165, 1.54) is 19.2 Å². The van der Waals surface area contributed by atoms with Gasteiger partial charge in [-0.05, 0) is 30.7 Å². The van der Waals surface area contributed by atoms with E-state index in [0.717, 1.165) is 0 Å². The van der Waals surface area contributed by atoms with Gasteiger partial charge in [0.1, 0.15) is 5.75 Å². The lowest BCUT2D eigenvalue weighted by atomic mass is 10.3. The molecule has 1 heterocycles. The maximum atomic E-state index is 12.1. The molecule has 0 aromatic heterocycles. The van der Waals surface area contributed by atoms with E-state index >= 15 is 0 Å². The van der Waals surface area contributed by atoms with E-state index in [0.29, 0.717) is 18.7 Å². The zero-order valence-electron chi connectivity index (χ0n) is 12.3. The third kappa shape index (κ3) is 4.67.